The Balaban J connectivity index is 2.85. The third-order valence-corrected chi connectivity index (χ3v) is 2.99. The van der Waals surface area contributed by atoms with Crippen molar-refractivity contribution in [3.63, 3.8) is 0 Å². The summed E-state index contributed by atoms with van der Waals surface area (Å²) >= 11 is 0. The van der Waals surface area contributed by atoms with Crippen LogP contribution in [0.2, 0.25) is 0 Å². The highest BCUT2D eigenvalue weighted by atomic mass is 16.6. The number of carbonyl (C=O) groups excluding carboxylic acids is 1. The van der Waals surface area contributed by atoms with Gasteiger partial charge in [-0.2, -0.15) is 0 Å². The molecule has 1 N–H and O–H groups in total. The maximum absolute atomic E-state index is 11.9. The quantitative estimate of drug-likeness (QED) is 0.837. The average Bonchev–Trinajstić information content (AvgIpc) is 2.25. The number of carboxylic acid groups (broad SMARTS) is 1. The minimum Gasteiger partial charge on any atom is -0.478 e. The molecule has 1 aliphatic rings. The van der Waals surface area contributed by atoms with Crippen molar-refractivity contribution in [1.29, 1.82) is 0 Å². The zero-order valence-corrected chi connectivity index (χ0v) is 12.3. The van der Waals surface area contributed by atoms with E-state index in [2.05, 4.69) is 0 Å². The van der Waals surface area contributed by atoms with Gasteiger partial charge in [0, 0.05) is 6.54 Å². The van der Waals surface area contributed by atoms with Crippen molar-refractivity contribution in [3.05, 3.63) is 11.1 Å². The molecule has 0 aromatic rings. The summed E-state index contributed by atoms with van der Waals surface area (Å²) in [5.74, 6) is -0.760. The summed E-state index contributed by atoms with van der Waals surface area (Å²) in [7, 11) is 0. The van der Waals surface area contributed by atoms with Crippen molar-refractivity contribution in [1.82, 2.24) is 4.90 Å². The van der Waals surface area contributed by atoms with Crippen molar-refractivity contribution in [2.24, 2.45) is 5.92 Å². The second kappa shape index (κ2) is 5.63. The topological polar surface area (TPSA) is 66.8 Å². The smallest absolute Gasteiger partial charge is 0.410 e. The number of rotatable bonds is 2. The Bertz CT molecular complexity index is 404. The van der Waals surface area contributed by atoms with Crippen LogP contribution in [0.25, 0.3) is 0 Å². The van der Waals surface area contributed by atoms with Gasteiger partial charge in [0.2, 0.25) is 0 Å². The highest BCUT2D eigenvalue weighted by Crippen LogP contribution is 2.25. The van der Waals surface area contributed by atoms with Crippen molar-refractivity contribution in [2.75, 3.05) is 13.1 Å². The predicted octanol–water partition coefficient (Wildman–Crippen LogP) is 2.66. The number of carbonyl (C=O) groups is 2. The first-order valence-electron chi connectivity index (χ1n) is 6.55. The first kappa shape index (κ1) is 15.5. The van der Waals surface area contributed by atoms with Crippen molar-refractivity contribution in [2.45, 2.75) is 46.6 Å². The number of hydrogen-bond acceptors (Lipinski definition) is 3. The molecule has 0 aliphatic carbocycles. The van der Waals surface area contributed by atoms with Crippen molar-refractivity contribution >= 4 is 12.1 Å². The molecule has 0 radical (unpaired) electrons. The molecule has 108 valence electrons. The summed E-state index contributed by atoms with van der Waals surface area (Å²) in [6, 6.07) is 0. The lowest BCUT2D eigenvalue weighted by Gasteiger charge is -2.32. The van der Waals surface area contributed by atoms with E-state index in [1.54, 1.807) is 20.8 Å². The van der Waals surface area contributed by atoms with Gasteiger partial charge in [-0.3, -0.25) is 0 Å². The molecular weight excluding hydrogens is 246 g/mol. The van der Waals surface area contributed by atoms with Gasteiger partial charge in [0.15, 0.2) is 0 Å². The van der Waals surface area contributed by atoms with Gasteiger partial charge in [0.25, 0.3) is 0 Å². The number of ether oxygens (including phenoxy) is 1. The minimum atomic E-state index is -0.947. The summed E-state index contributed by atoms with van der Waals surface area (Å²) < 4.78 is 5.27. The molecule has 0 aromatic carbocycles. The summed E-state index contributed by atoms with van der Waals surface area (Å²) in [6.45, 7) is 9.97. The molecule has 1 heterocycles. The van der Waals surface area contributed by atoms with E-state index in [0.717, 1.165) is 5.57 Å². The number of nitrogens with zero attached hydrogens (tertiary/aromatic N) is 1. The number of aliphatic carboxylic acids is 1. The first-order valence-corrected chi connectivity index (χ1v) is 6.55. The van der Waals surface area contributed by atoms with Crippen LogP contribution in [-0.2, 0) is 9.53 Å². The highest BCUT2D eigenvalue weighted by Gasteiger charge is 2.30. The van der Waals surface area contributed by atoms with Gasteiger partial charge in [-0.15, -0.1) is 0 Å². The molecule has 1 aliphatic heterocycles. The van der Waals surface area contributed by atoms with Crippen LogP contribution in [0, 0.1) is 5.92 Å². The molecule has 0 unspecified atom stereocenters. The van der Waals surface area contributed by atoms with Gasteiger partial charge in [-0.25, -0.2) is 9.59 Å². The summed E-state index contributed by atoms with van der Waals surface area (Å²) in [6.07, 6.45) is 0.146. The molecule has 1 rings (SSSR count). The molecule has 0 saturated heterocycles. The molecule has 5 nitrogen and oxygen atoms in total. The van der Waals surface area contributed by atoms with Crippen LogP contribution in [0.1, 0.15) is 41.0 Å². The number of carboxylic acids is 1. The van der Waals surface area contributed by atoms with Crippen LogP contribution in [0.5, 0.6) is 0 Å². The molecule has 19 heavy (non-hydrogen) atoms. The fourth-order valence-corrected chi connectivity index (χ4v) is 2.10. The molecule has 0 spiro atoms. The standard InChI is InChI=1S/C14H23NO4/c1-9(2)10-6-7-15(8-11(10)12(16)17)13(18)19-14(3,4)5/h9H,6-8H2,1-5H3,(H,16,17). The van der Waals surface area contributed by atoms with E-state index in [0.29, 0.717) is 18.5 Å². The molecule has 0 fully saturated rings. The normalized spacial score (nSPS) is 16.8. The van der Waals surface area contributed by atoms with Gasteiger partial charge >= 0.3 is 12.1 Å². The monoisotopic (exact) mass is 269 g/mol. The van der Waals surface area contributed by atoms with E-state index >= 15 is 0 Å². The van der Waals surface area contributed by atoms with E-state index in [-0.39, 0.29) is 12.5 Å². The van der Waals surface area contributed by atoms with Crippen LogP contribution in [-0.4, -0.2) is 40.8 Å². The van der Waals surface area contributed by atoms with Gasteiger partial charge < -0.3 is 14.7 Å². The maximum Gasteiger partial charge on any atom is 0.410 e. The highest BCUT2D eigenvalue weighted by molar-refractivity contribution is 5.89. The zero-order valence-electron chi connectivity index (χ0n) is 12.3. The second-order valence-corrected chi connectivity index (χ2v) is 6.12. The summed E-state index contributed by atoms with van der Waals surface area (Å²) in [5, 5.41) is 9.25. The van der Waals surface area contributed by atoms with Crippen LogP contribution in [0.15, 0.2) is 11.1 Å². The molecule has 0 aromatic heterocycles. The van der Waals surface area contributed by atoms with Crippen molar-refractivity contribution < 1.29 is 19.4 Å². The lowest BCUT2D eigenvalue weighted by Crippen LogP contribution is -2.42. The molecular formula is C14H23NO4. The lowest BCUT2D eigenvalue weighted by molar-refractivity contribution is -0.133. The fourth-order valence-electron chi connectivity index (χ4n) is 2.10. The summed E-state index contributed by atoms with van der Waals surface area (Å²) in [4.78, 5) is 24.7. The van der Waals surface area contributed by atoms with E-state index in [9.17, 15) is 14.7 Å². The Labute approximate surface area is 114 Å². The molecule has 5 heteroatoms. The third kappa shape index (κ3) is 4.26. The average molecular weight is 269 g/mol. The van der Waals surface area contributed by atoms with Gasteiger partial charge in [-0.1, -0.05) is 19.4 Å². The Kier molecular flexibility index (Phi) is 4.61. The number of amides is 1. The van der Waals surface area contributed by atoms with Gasteiger partial charge in [0.1, 0.15) is 5.60 Å². The predicted molar refractivity (Wildman–Crippen MR) is 71.9 cm³/mol. The Hall–Kier alpha value is -1.52. The van der Waals surface area contributed by atoms with Gasteiger partial charge in [-0.05, 0) is 33.1 Å². The molecule has 1 amide bonds. The fraction of sp³-hybridized carbons (Fsp3) is 0.714. The molecule has 0 saturated carbocycles. The second-order valence-electron chi connectivity index (χ2n) is 6.12. The molecule has 0 bridgehead atoms. The van der Waals surface area contributed by atoms with E-state index in [1.807, 2.05) is 13.8 Å². The van der Waals surface area contributed by atoms with E-state index < -0.39 is 17.7 Å². The molecule has 0 atom stereocenters. The van der Waals surface area contributed by atoms with Crippen LogP contribution in [0.3, 0.4) is 0 Å². The minimum absolute atomic E-state index is 0.123. The Morgan fingerprint density at radius 2 is 1.89 bits per heavy atom. The SMILES string of the molecule is CC(C)C1=C(C(=O)O)CN(C(=O)OC(C)(C)C)CC1. The maximum atomic E-state index is 11.9. The third-order valence-electron chi connectivity index (χ3n) is 2.99. The largest absolute Gasteiger partial charge is 0.478 e. The Morgan fingerprint density at radius 1 is 1.32 bits per heavy atom. The first-order chi connectivity index (χ1) is 8.61. The lowest BCUT2D eigenvalue weighted by atomic mass is 9.91. The van der Waals surface area contributed by atoms with Crippen LogP contribution < -0.4 is 0 Å². The van der Waals surface area contributed by atoms with Crippen LogP contribution in [0.4, 0.5) is 4.79 Å². The number of hydrogen-bond donors (Lipinski definition) is 1. The van der Waals surface area contributed by atoms with Crippen molar-refractivity contribution in [3.8, 4) is 0 Å². The zero-order chi connectivity index (χ0) is 14.8. The Morgan fingerprint density at radius 3 is 2.32 bits per heavy atom. The summed E-state index contributed by atoms with van der Waals surface area (Å²) in [5.41, 5.74) is 0.683. The van der Waals surface area contributed by atoms with E-state index in [1.165, 1.54) is 4.90 Å². The van der Waals surface area contributed by atoms with E-state index in [4.69, 9.17) is 4.74 Å². The van der Waals surface area contributed by atoms with Gasteiger partial charge in [0.05, 0.1) is 12.1 Å². The van der Waals surface area contributed by atoms with Crippen LogP contribution >= 0.6 is 0 Å².